The highest BCUT2D eigenvalue weighted by Crippen LogP contribution is 2.29. The van der Waals surface area contributed by atoms with E-state index in [1.54, 1.807) is 29.5 Å². The van der Waals surface area contributed by atoms with Crippen LogP contribution in [0.3, 0.4) is 0 Å². The van der Waals surface area contributed by atoms with E-state index < -0.39 is 5.82 Å². The maximum atomic E-state index is 14.1. The molecule has 0 radical (unpaired) electrons. The van der Waals surface area contributed by atoms with Crippen LogP contribution in [0.5, 0.6) is 0 Å². The Morgan fingerprint density at radius 2 is 2.11 bits per heavy atom. The lowest BCUT2D eigenvalue weighted by Gasteiger charge is -2.55. The SMILES string of the molecule is CC1(C)CN(C(=O)c2ccccc2F)C[C@@H]2CN(Cc3nccs3)CCN21. The number of fused-ring (bicyclic) bond motifs is 1. The summed E-state index contributed by atoms with van der Waals surface area (Å²) in [5.74, 6) is -0.658. The van der Waals surface area contributed by atoms with Crippen molar-refractivity contribution < 1.29 is 9.18 Å². The van der Waals surface area contributed by atoms with E-state index in [0.29, 0.717) is 13.1 Å². The number of nitrogens with zero attached hydrogens (tertiary/aromatic N) is 4. The van der Waals surface area contributed by atoms with E-state index in [1.165, 1.54) is 6.07 Å². The number of hydrogen-bond donors (Lipinski definition) is 0. The number of aromatic nitrogens is 1. The van der Waals surface area contributed by atoms with Gasteiger partial charge in [-0.15, -0.1) is 11.3 Å². The number of carbonyl (C=O) groups is 1. The number of carbonyl (C=O) groups excluding carboxylic acids is 1. The van der Waals surface area contributed by atoms with Gasteiger partial charge < -0.3 is 4.90 Å². The van der Waals surface area contributed by atoms with Gasteiger partial charge in [-0.1, -0.05) is 12.1 Å². The molecule has 0 aliphatic carbocycles. The number of amides is 1. The molecule has 0 unspecified atom stereocenters. The molecule has 0 spiro atoms. The highest BCUT2D eigenvalue weighted by atomic mass is 32.1. The Morgan fingerprint density at radius 3 is 2.85 bits per heavy atom. The van der Waals surface area contributed by atoms with E-state index in [1.807, 2.05) is 16.5 Å². The van der Waals surface area contributed by atoms with Crippen LogP contribution in [-0.4, -0.2) is 69.9 Å². The van der Waals surface area contributed by atoms with Crippen LogP contribution in [0.2, 0.25) is 0 Å². The lowest BCUT2D eigenvalue weighted by molar-refractivity contribution is -0.0578. The molecular formula is C20H25FN4OS. The van der Waals surface area contributed by atoms with E-state index >= 15 is 0 Å². The summed E-state index contributed by atoms with van der Waals surface area (Å²) in [6.45, 7) is 9.32. The number of thiazole rings is 1. The van der Waals surface area contributed by atoms with Gasteiger partial charge in [0, 0.05) is 55.9 Å². The first kappa shape index (κ1) is 18.5. The molecule has 27 heavy (non-hydrogen) atoms. The summed E-state index contributed by atoms with van der Waals surface area (Å²) in [7, 11) is 0. The van der Waals surface area contributed by atoms with Gasteiger partial charge in [-0.2, -0.15) is 0 Å². The molecule has 2 saturated heterocycles. The summed E-state index contributed by atoms with van der Waals surface area (Å²) in [6, 6.07) is 6.51. The molecule has 1 aromatic heterocycles. The summed E-state index contributed by atoms with van der Waals surface area (Å²) in [5.41, 5.74) is 0.0362. The number of rotatable bonds is 3. The zero-order valence-corrected chi connectivity index (χ0v) is 16.6. The van der Waals surface area contributed by atoms with Crippen LogP contribution >= 0.6 is 11.3 Å². The Morgan fingerprint density at radius 1 is 1.30 bits per heavy atom. The molecule has 0 saturated carbocycles. The van der Waals surface area contributed by atoms with Crippen LogP contribution < -0.4 is 0 Å². The van der Waals surface area contributed by atoms with Gasteiger partial charge in [0.1, 0.15) is 10.8 Å². The number of hydrogen-bond acceptors (Lipinski definition) is 5. The minimum atomic E-state index is -0.447. The molecule has 2 fully saturated rings. The highest BCUT2D eigenvalue weighted by Gasteiger charge is 2.44. The quantitative estimate of drug-likeness (QED) is 0.811. The average molecular weight is 389 g/mol. The van der Waals surface area contributed by atoms with Crippen molar-refractivity contribution in [1.29, 1.82) is 0 Å². The summed E-state index contributed by atoms with van der Waals surface area (Å²) in [4.78, 5) is 24.1. The van der Waals surface area contributed by atoms with Gasteiger partial charge in [-0.3, -0.25) is 14.6 Å². The fourth-order valence-corrected chi connectivity index (χ4v) is 5.03. The molecule has 1 atom stereocenters. The zero-order valence-electron chi connectivity index (χ0n) is 15.8. The van der Waals surface area contributed by atoms with E-state index in [9.17, 15) is 9.18 Å². The van der Waals surface area contributed by atoms with Crippen molar-refractivity contribution in [3.05, 3.63) is 52.2 Å². The van der Waals surface area contributed by atoms with Crippen molar-refractivity contribution in [2.24, 2.45) is 0 Å². The van der Waals surface area contributed by atoms with E-state index in [0.717, 1.165) is 31.2 Å². The van der Waals surface area contributed by atoms with Crippen LogP contribution in [-0.2, 0) is 6.54 Å². The summed E-state index contributed by atoms with van der Waals surface area (Å²) >= 11 is 1.68. The Bertz CT molecular complexity index is 810. The number of halogens is 1. The first-order valence-corrected chi connectivity index (χ1v) is 10.2. The van der Waals surface area contributed by atoms with Gasteiger partial charge in [0.05, 0.1) is 12.1 Å². The van der Waals surface area contributed by atoms with Crippen molar-refractivity contribution in [1.82, 2.24) is 19.7 Å². The predicted octanol–water partition coefficient (Wildman–Crippen LogP) is 2.70. The van der Waals surface area contributed by atoms with Crippen LogP contribution in [0.4, 0.5) is 4.39 Å². The van der Waals surface area contributed by atoms with Gasteiger partial charge in [-0.25, -0.2) is 9.37 Å². The molecule has 2 aliphatic rings. The summed E-state index contributed by atoms with van der Waals surface area (Å²) < 4.78 is 14.1. The summed E-state index contributed by atoms with van der Waals surface area (Å²) in [5, 5.41) is 3.13. The lowest BCUT2D eigenvalue weighted by Crippen LogP contribution is -2.70. The van der Waals surface area contributed by atoms with Crippen molar-refractivity contribution >= 4 is 17.2 Å². The third kappa shape index (κ3) is 3.77. The molecule has 1 aromatic carbocycles. The standard InChI is InChI=1S/C20H25FN4OS/c1-20(2)14-24(19(26)16-5-3-4-6-17(16)21)12-15-11-23(8-9-25(15)20)13-18-22-7-10-27-18/h3-7,10,15H,8-9,11-14H2,1-2H3/t15-/m0/s1. The van der Waals surface area contributed by atoms with E-state index in [-0.39, 0.29) is 23.1 Å². The second kappa shape index (κ2) is 7.30. The molecule has 2 aromatic rings. The van der Waals surface area contributed by atoms with Crippen molar-refractivity contribution in [2.45, 2.75) is 32.0 Å². The molecule has 5 nitrogen and oxygen atoms in total. The van der Waals surface area contributed by atoms with Crippen molar-refractivity contribution in [3.63, 3.8) is 0 Å². The predicted molar refractivity (Wildman–Crippen MR) is 104 cm³/mol. The van der Waals surface area contributed by atoms with Gasteiger partial charge in [-0.05, 0) is 26.0 Å². The largest absolute Gasteiger partial charge is 0.335 e. The molecule has 0 N–H and O–H groups in total. The van der Waals surface area contributed by atoms with Gasteiger partial charge in [0.15, 0.2) is 0 Å². The molecule has 2 aliphatic heterocycles. The maximum Gasteiger partial charge on any atom is 0.256 e. The van der Waals surface area contributed by atoms with Crippen LogP contribution in [0.25, 0.3) is 0 Å². The lowest BCUT2D eigenvalue weighted by atomic mass is 9.92. The molecule has 4 rings (SSSR count). The molecule has 7 heteroatoms. The number of piperazine rings is 2. The molecule has 3 heterocycles. The Kier molecular flexibility index (Phi) is 5.01. The minimum absolute atomic E-state index is 0.128. The van der Waals surface area contributed by atoms with Crippen LogP contribution in [0.1, 0.15) is 29.2 Å². The molecule has 0 bridgehead atoms. The smallest absolute Gasteiger partial charge is 0.256 e. The minimum Gasteiger partial charge on any atom is -0.335 e. The molecule has 144 valence electrons. The third-order valence-corrected chi connectivity index (χ3v) is 6.35. The van der Waals surface area contributed by atoms with Crippen molar-refractivity contribution in [3.8, 4) is 0 Å². The monoisotopic (exact) mass is 388 g/mol. The van der Waals surface area contributed by atoms with E-state index in [2.05, 4.69) is 28.6 Å². The van der Waals surface area contributed by atoms with Crippen LogP contribution in [0, 0.1) is 5.82 Å². The van der Waals surface area contributed by atoms with Crippen molar-refractivity contribution in [2.75, 3.05) is 32.7 Å². The molecule has 1 amide bonds. The average Bonchev–Trinajstić information content (AvgIpc) is 3.13. The second-order valence-corrected chi connectivity index (χ2v) is 8.97. The Balaban J connectivity index is 1.51. The molecular weight excluding hydrogens is 363 g/mol. The normalized spacial score (nSPS) is 23.2. The van der Waals surface area contributed by atoms with Gasteiger partial charge in [0.25, 0.3) is 5.91 Å². The fraction of sp³-hybridized carbons (Fsp3) is 0.500. The third-order valence-electron chi connectivity index (χ3n) is 5.59. The topological polar surface area (TPSA) is 39.7 Å². The first-order chi connectivity index (χ1) is 12.9. The number of benzene rings is 1. The first-order valence-electron chi connectivity index (χ1n) is 9.35. The van der Waals surface area contributed by atoms with Gasteiger partial charge in [0.2, 0.25) is 0 Å². The Hall–Kier alpha value is -1.83. The maximum absolute atomic E-state index is 14.1. The summed E-state index contributed by atoms with van der Waals surface area (Å²) in [6.07, 6.45) is 1.84. The Labute approximate surface area is 163 Å². The van der Waals surface area contributed by atoms with Crippen LogP contribution in [0.15, 0.2) is 35.8 Å². The fourth-order valence-electron chi connectivity index (χ4n) is 4.38. The zero-order chi connectivity index (χ0) is 19.0. The second-order valence-electron chi connectivity index (χ2n) is 7.99. The van der Waals surface area contributed by atoms with Gasteiger partial charge >= 0.3 is 0 Å². The van der Waals surface area contributed by atoms with E-state index in [4.69, 9.17) is 0 Å². The highest BCUT2D eigenvalue weighted by molar-refractivity contribution is 7.09.